The highest BCUT2D eigenvalue weighted by molar-refractivity contribution is 7.89. The molecule has 30 heavy (non-hydrogen) atoms. The minimum Gasteiger partial charge on any atom is -0.494 e. The molecule has 9 heteroatoms. The van der Waals surface area contributed by atoms with Gasteiger partial charge in [0.25, 0.3) is 10.0 Å². The van der Waals surface area contributed by atoms with Crippen molar-refractivity contribution in [2.75, 3.05) is 19.7 Å². The number of carbonyl (C=O) groups is 1. The fourth-order valence-corrected chi connectivity index (χ4v) is 4.89. The van der Waals surface area contributed by atoms with E-state index in [1.54, 1.807) is 10.8 Å². The Bertz CT molecular complexity index is 954. The van der Waals surface area contributed by atoms with Crippen molar-refractivity contribution in [3.05, 3.63) is 42.4 Å². The first-order valence-electron chi connectivity index (χ1n) is 10.3. The summed E-state index contributed by atoms with van der Waals surface area (Å²) in [7, 11) is -3.71. The molecule has 1 saturated heterocycles. The number of sulfonamides is 1. The lowest BCUT2D eigenvalue weighted by molar-refractivity contribution is -0.126. The molecule has 8 nitrogen and oxygen atoms in total. The lowest BCUT2D eigenvalue weighted by Gasteiger charge is -2.30. The zero-order valence-corrected chi connectivity index (χ0v) is 18.6. The maximum atomic E-state index is 13.0. The minimum atomic E-state index is -3.71. The average molecular weight is 435 g/mol. The highest BCUT2D eigenvalue weighted by atomic mass is 32.2. The molecule has 0 spiro atoms. The van der Waals surface area contributed by atoms with E-state index in [4.69, 9.17) is 4.74 Å². The summed E-state index contributed by atoms with van der Waals surface area (Å²) in [5.74, 6) is 0.292. The van der Waals surface area contributed by atoms with Crippen LogP contribution in [-0.4, -0.2) is 47.9 Å². The second-order valence-electron chi connectivity index (χ2n) is 7.75. The number of hydrogen-bond acceptors (Lipinski definition) is 5. The maximum absolute atomic E-state index is 13.0. The van der Waals surface area contributed by atoms with E-state index in [1.807, 2.05) is 45.0 Å². The van der Waals surface area contributed by atoms with Crippen LogP contribution >= 0.6 is 0 Å². The van der Waals surface area contributed by atoms with Gasteiger partial charge in [-0.3, -0.25) is 4.79 Å². The summed E-state index contributed by atoms with van der Waals surface area (Å²) in [6, 6.07) is 7.69. The zero-order chi connectivity index (χ0) is 21.7. The third-order valence-electron chi connectivity index (χ3n) is 5.23. The number of ether oxygens (including phenoxy) is 1. The van der Waals surface area contributed by atoms with Crippen LogP contribution in [-0.2, 0) is 21.4 Å². The molecule has 1 amide bonds. The lowest BCUT2D eigenvalue weighted by atomic mass is 9.99. The molecule has 1 aromatic carbocycles. The first kappa shape index (κ1) is 22.3. The van der Waals surface area contributed by atoms with Crippen LogP contribution in [0.1, 0.15) is 45.2 Å². The third-order valence-corrected chi connectivity index (χ3v) is 6.99. The summed E-state index contributed by atoms with van der Waals surface area (Å²) in [6.45, 7) is 7.43. The van der Waals surface area contributed by atoms with Gasteiger partial charge in [-0.05, 0) is 51.3 Å². The first-order chi connectivity index (χ1) is 14.3. The second-order valence-corrected chi connectivity index (χ2v) is 9.63. The fourth-order valence-electron chi connectivity index (χ4n) is 3.44. The van der Waals surface area contributed by atoms with Crippen molar-refractivity contribution in [3.63, 3.8) is 0 Å². The molecule has 164 valence electrons. The van der Waals surface area contributed by atoms with Crippen molar-refractivity contribution >= 4 is 15.9 Å². The molecule has 1 fully saturated rings. The Kier molecular flexibility index (Phi) is 7.14. The number of nitrogens with zero attached hydrogens (tertiary/aromatic N) is 3. The van der Waals surface area contributed by atoms with Crippen LogP contribution in [0, 0.1) is 5.92 Å². The van der Waals surface area contributed by atoms with Gasteiger partial charge >= 0.3 is 0 Å². The smallest absolute Gasteiger partial charge is 0.262 e. The van der Waals surface area contributed by atoms with E-state index in [0.29, 0.717) is 32.5 Å². The van der Waals surface area contributed by atoms with Crippen LogP contribution in [0.5, 0.6) is 5.75 Å². The molecule has 1 aliphatic rings. The summed E-state index contributed by atoms with van der Waals surface area (Å²) >= 11 is 0. The molecule has 0 aliphatic carbocycles. The third kappa shape index (κ3) is 5.20. The van der Waals surface area contributed by atoms with Gasteiger partial charge < -0.3 is 14.6 Å². The number of aromatic nitrogens is 2. The number of piperidine rings is 1. The number of imidazole rings is 1. The molecule has 3 rings (SSSR count). The summed E-state index contributed by atoms with van der Waals surface area (Å²) in [5.41, 5.74) is 0.964. The Balaban J connectivity index is 1.59. The van der Waals surface area contributed by atoms with Crippen LogP contribution < -0.4 is 10.1 Å². The number of hydrogen-bond donors (Lipinski definition) is 1. The van der Waals surface area contributed by atoms with Crippen molar-refractivity contribution in [2.45, 2.75) is 51.2 Å². The van der Waals surface area contributed by atoms with Gasteiger partial charge in [-0.15, -0.1) is 0 Å². The SMILES string of the molecule is CCOc1ccc(CNC(=O)C2CCCN(S(=O)(=O)c3cn(C(C)C)cn3)C2)cc1. The van der Waals surface area contributed by atoms with E-state index in [9.17, 15) is 13.2 Å². The lowest BCUT2D eigenvalue weighted by Crippen LogP contribution is -2.45. The van der Waals surface area contributed by atoms with Crippen molar-refractivity contribution in [3.8, 4) is 5.75 Å². The molecule has 1 aliphatic heterocycles. The Morgan fingerprint density at radius 1 is 1.30 bits per heavy atom. The number of carbonyl (C=O) groups excluding carboxylic acids is 1. The highest BCUT2D eigenvalue weighted by Gasteiger charge is 2.34. The van der Waals surface area contributed by atoms with Crippen molar-refractivity contribution in [1.29, 1.82) is 0 Å². The fraction of sp³-hybridized carbons (Fsp3) is 0.524. The van der Waals surface area contributed by atoms with Crippen LogP contribution in [0.3, 0.4) is 0 Å². The summed E-state index contributed by atoms with van der Waals surface area (Å²) < 4.78 is 34.5. The van der Waals surface area contributed by atoms with Crippen molar-refractivity contribution in [1.82, 2.24) is 19.2 Å². The van der Waals surface area contributed by atoms with Crippen LogP contribution in [0.4, 0.5) is 0 Å². The molecule has 2 heterocycles. The topological polar surface area (TPSA) is 93.5 Å². The standard InChI is InChI=1S/C21H30N4O4S/c1-4-29-19-9-7-17(8-10-19)12-22-21(26)18-6-5-11-25(13-18)30(27,28)20-14-24(15-23-20)16(2)3/h7-10,14-16,18H,4-6,11-13H2,1-3H3,(H,22,26). The monoisotopic (exact) mass is 434 g/mol. The molecule has 2 aromatic rings. The summed E-state index contributed by atoms with van der Waals surface area (Å²) in [4.78, 5) is 16.7. The maximum Gasteiger partial charge on any atom is 0.262 e. The Morgan fingerprint density at radius 2 is 2.03 bits per heavy atom. The quantitative estimate of drug-likeness (QED) is 0.689. The molecule has 0 radical (unpaired) electrons. The number of rotatable bonds is 8. The molecule has 1 unspecified atom stereocenters. The van der Waals surface area contributed by atoms with Gasteiger partial charge in [0.1, 0.15) is 5.75 Å². The van der Waals surface area contributed by atoms with Gasteiger partial charge in [0.15, 0.2) is 5.03 Å². The molecule has 1 N–H and O–H groups in total. The minimum absolute atomic E-state index is 0.0339. The molecular formula is C21H30N4O4S. The molecular weight excluding hydrogens is 404 g/mol. The van der Waals surface area contributed by atoms with E-state index in [0.717, 1.165) is 11.3 Å². The van der Waals surface area contributed by atoms with E-state index in [1.165, 1.54) is 10.6 Å². The molecule has 1 atom stereocenters. The largest absolute Gasteiger partial charge is 0.494 e. The van der Waals surface area contributed by atoms with E-state index in [-0.39, 0.29) is 29.4 Å². The first-order valence-corrected chi connectivity index (χ1v) is 11.8. The summed E-state index contributed by atoms with van der Waals surface area (Å²) in [5, 5.41) is 2.96. The predicted molar refractivity (Wildman–Crippen MR) is 114 cm³/mol. The van der Waals surface area contributed by atoms with Gasteiger partial charge in [-0.25, -0.2) is 13.4 Å². The van der Waals surface area contributed by atoms with Gasteiger partial charge in [0, 0.05) is 31.9 Å². The van der Waals surface area contributed by atoms with Crippen LogP contribution in [0.25, 0.3) is 0 Å². The Labute approximate surface area is 178 Å². The van der Waals surface area contributed by atoms with Crippen LogP contribution in [0.15, 0.2) is 41.8 Å². The van der Waals surface area contributed by atoms with E-state index < -0.39 is 10.0 Å². The van der Waals surface area contributed by atoms with Gasteiger partial charge in [-0.2, -0.15) is 4.31 Å². The van der Waals surface area contributed by atoms with Crippen molar-refractivity contribution < 1.29 is 17.9 Å². The number of benzene rings is 1. The van der Waals surface area contributed by atoms with Crippen LogP contribution in [0.2, 0.25) is 0 Å². The molecule has 1 aromatic heterocycles. The van der Waals surface area contributed by atoms with Gasteiger partial charge in [0.05, 0.1) is 18.9 Å². The van der Waals surface area contributed by atoms with Gasteiger partial charge in [0.2, 0.25) is 5.91 Å². The normalized spacial score (nSPS) is 17.8. The average Bonchev–Trinajstić information content (AvgIpc) is 3.25. The number of nitrogens with one attached hydrogen (secondary N) is 1. The predicted octanol–water partition coefficient (Wildman–Crippen LogP) is 2.58. The highest BCUT2D eigenvalue weighted by Crippen LogP contribution is 2.24. The van der Waals surface area contributed by atoms with E-state index >= 15 is 0 Å². The zero-order valence-electron chi connectivity index (χ0n) is 17.7. The Morgan fingerprint density at radius 3 is 2.67 bits per heavy atom. The van der Waals surface area contributed by atoms with Crippen molar-refractivity contribution in [2.24, 2.45) is 5.92 Å². The molecule has 0 bridgehead atoms. The Hall–Kier alpha value is -2.39. The van der Waals surface area contributed by atoms with Gasteiger partial charge in [-0.1, -0.05) is 12.1 Å². The second kappa shape index (κ2) is 9.61. The number of amides is 1. The summed E-state index contributed by atoms with van der Waals surface area (Å²) in [6.07, 6.45) is 4.39. The van der Waals surface area contributed by atoms with E-state index in [2.05, 4.69) is 10.3 Å². The molecule has 0 saturated carbocycles.